The second kappa shape index (κ2) is 8.70. The maximum Gasteiger partial charge on any atom is 0.188 e. The standard InChI is InChI=1S/C22H16Br2Cl2N2O/c23-13-3-1-2-12(8-13)19-11-20(17-9-14(24)4-7-21(17)29)28-22(27-19)16-6-5-15(25)10-18(16)26/h1-11,20,22,27-29H/p+1. The summed E-state index contributed by atoms with van der Waals surface area (Å²) >= 11 is 19.6. The number of benzene rings is 3. The van der Waals surface area contributed by atoms with Crippen LogP contribution in [0.5, 0.6) is 5.75 Å². The van der Waals surface area contributed by atoms with Crippen LogP contribution in [0.25, 0.3) is 5.70 Å². The number of quaternary nitrogens is 1. The highest BCUT2D eigenvalue weighted by atomic mass is 79.9. The Bertz CT molecular complexity index is 1100. The molecule has 7 heteroatoms. The molecule has 3 aromatic rings. The molecule has 148 valence electrons. The number of nitrogens with one attached hydrogen (secondary N) is 1. The highest BCUT2D eigenvalue weighted by Crippen LogP contribution is 2.33. The quantitative estimate of drug-likeness (QED) is 0.362. The van der Waals surface area contributed by atoms with Crippen molar-refractivity contribution in [3.63, 3.8) is 0 Å². The van der Waals surface area contributed by atoms with Crippen molar-refractivity contribution in [2.75, 3.05) is 0 Å². The average molecular weight is 556 g/mol. The number of halogens is 4. The summed E-state index contributed by atoms with van der Waals surface area (Å²) < 4.78 is 1.91. The topological polar surface area (TPSA) is 48.9 Å². The number of nitrogens with two attached hydrogens (primary N) is 1. The molecule has 0 fully saturated rings. The van der Waals surface area contributed by atoms with Crippen molar-refractivity contribution < 1.29 is 10.4 Å². The van der Waals surface area contributed by atoms with Crippen molar-refractivity contribution in [1.29, 1.82) is 0 Å². The molecular formula is C22H17Br2Cl2N2O+. The molecule has 0 aromatic heterocycles. The summed E-state index contributed by atoms with van der Waals surface area (Å²) in [5, 5.41) is 17.4. The van der Waals surface area contributed by atoms with Crippen LogP contribution in [0.1, 0.15) is 28.9 Å². The number of phenols is 1. The Kier molecular flexibility index (Phi) is 6.23. The van der Waals surface area contributed by atoms with Crippen LogP contribution in [0.15, 0.2) is 75.7 Å². The van der Waals surface area contributed by atoms with E-state index in [-0.39, 0.29) is 18.0 Å². The highest BCUT2D eigenvalue weighted by molar-refractivity contribution is 9.10. The van der Waals surface area contributed by atoms with Crippen molar-refractivity contribution in [1.82, 2.24) is 5.32 Å². The Balaban J connectivity index is 1.81. The monoisotopic (exact) mass is 553 g/mol. The SMILES string of the molecule is Oc1ccc(Br)cc1C1C=C(c2cccc(Br)c2)NC(c2ccc(Cl)cc2Cl)[NH2+]1. The predicted molar refractivity (Wildman–Crippen MR) is 125 cm³/mol. The minimum Gasteiger partial charge on any atom is -0.507 e. The minimum absolute atomic E-state index is 0.112. The number of hydrogen-bond acceptors (Lipinski definition) is 2. The van der Waals surface area contributed by atoms with E-state index in [9.17, 15) is 5.11 Å². The van der Waals surface area contributed by atoms with Gasteiger partial charge in [0.2, 0.25) is 0 Å². The molecule has 0 aliphatic carbocycles. The number of hydrogen-bond donors (Lipinski definition) is 3. The Labute approximate surface area is 196 Å². The molecule has 2 atom stereocenters. The summed E-state index contributed by atoms with van der Waals surface area (Å²) in [5.41, 5.74) is 3.76. The third-order valence-corrected chi connectivity index (χ3v) is 6.39. The van der Waals surface area contributed by atoms with Gasteiger partial charge in [-0.15, -0.1) is 0 Å². The molecule has 3 nitrogen and oxygen atoms in total. The summed E-state index contributed by atoms with van der Waals surface area (Å²) in [6.45, 7) is 0. The second-order valence-electron chi connectivity index (χ2n) is 6.80. The van der Waals surface area contributed by atoms with Gasteiger partial charge in [0.1, 0.15) is 11.8 Å². The Hall–Kier alpha value is -1.50. The summed E-state index contributed by atoms with van der Waals surface area (Å²) in [6.07, 6.45) is 1.96. The molecule has 29 heavy (non-hydrogen) atoms. The molecule has 0 bridgehead atoms. The van der Waals surface area contributed by atoms with Gasteiger partial charge < -0.3 is 15.7 Å². The van der Waals surface area contributed by atoms with E-state index in [1.807, 2.05) is 42.5 Å². The van der Waals surface area contributed by atoms with Crippen LogP contribution in [0.2, 0.25) is 10.0 Å². The van der Waals surface area contributed by atoms with Gasteiger partial charge in [-0.2, -0.15) is 0 Å². The van der Waals surface area contributed by atoms with Gasteiger partial charge >= 0.3 is 0 Å². The van der Waals surface area contributed by atoms with Gasteiger partial charge in [-0.1, -0.05) is 67.2 Å². The van der Waals surface area contributed by atoms with Gasteiger partial charge in [-0.05, 0) is 54.1 Å². The first-order chi connectivity index (χ1) is 13.9. The second-order valence-corrected chi connectivity index (χ2v) is 9.47. The van der Waals surface area contributed by atoms with Gasteiger partial charge in [0.15, 0.2) is 6.17 Å². The molecule has 4 N–H and O–H groups in total. The maximum atomic E-state index is 10.5. The van der Waals surface area contributed by atoms with Crippen molar-refractivity contribution in [2.24, 2.45) is 0 Å². The maximum absolute atomic E-state index is 10.5. The lowest BCUT2D eigenvalue weighted by Crippen LogP contribution is -2.89. The fourth-order valence-electron chi connectivity index (χ4n) is 3.46. The van der Waals surface area contributed by atoms with Crippen LogP contribution in [0.4, 0.5) is 0 Å². The zero-order valence-corrected chi connectivity index (χ0v) is 19.7. The Morgan fingerprint density at radius 2 is 1.69 bits per heavy atom. The molecule has 2 unspecified atom stereocenters. The van der Waals surface area contributed by atoms with Gasteiger partial charge in [-0.25, -0.2) is 0 Å². The lowest BCUT2D eigenvalue weighted by Gasteiger charge is -2.30. The highest BCUT2D eigenvalue weighted by Gasteiger charge is 2.30. The fraction of sp³-hybridized carbons (Fsp3) is 0.0909. The summed E-state index contributed by atoms with van der Waals surface area (Å²) in [4.78, 5) is 0. The molecule has 4 rings (SSSR count). The summed E-state index contributed by atoms with van der Waals surface area (Å²) in [5.74, 6) is 0.252. The first-order valence-corrected chi connectivity index (χ1v) is 11.3. The van der Waals surface area contributed by atoms with Crippen LogP contribution in [-0.2, 0) is 0 Å². The van der Waals surface area contributed by atoms with E-state index in [1.54, 1.807) is 12.1 Å². The molecule has 1 aliphatic heterocycles. The molecular weight excluding hydrogens is 539 g/mol. The van der Waals surface area contributed by atoms with E-state index in [0.29, 0.717) is 10.0 Å². The van der Waals surface area contributed by atoms with E-state index >= 15 is 0 Å². The van der Waals surface area contributed by atoms with Crippen LogP contribution in [0, 0.1) is 0 Å². The lowest BCUT2D eigenvalue weighted by molar-refractivity contribution is -0.731. The summed E-state index contributed by atoms with van der Waals surface area (Å²) in [7, 11) is 0. The van der Waals surface area contributed by atoms with Crippen molar-refractivity contribution in [2.45, 2.75) is 12.2 Å². The average Bonchev–Trinajstić information content (AvgIpc) is 2.69. The van der Waals surface area contributed by atoms with Gasteiger partial charge in [0.05, 0.1) is 10.6 Å². The summed E-state index contributed by atoms with van der Waals surface area (Å²) in [6, 6.07) is 19.0. The fourth-order valence-corrected chi connectivity index (χ4v) is 4.77. The van der Waals surface area contributed by atoms with Gasteiger partial charge in [0, 0.05) is 31.3 Å². The molecule has 0 radical (unpaired) electrons. The molecule has 3 aromatic carbocycles. The molecule has 0 saturated carbocycles. The Morgan fingerprint density at radius 1 is 0.897 bits per heavy atom. The number of phenolic OH excluding ortho intramolecular Hbond substituents is 1. The smallest absolute Gasteiger partial charge is 0.188 e. The first kappa shape index (κ1) is 20.8. The predicted octanol–water partition coefficient (Wildman–Crippen LogP) is 6.17. The molecule has 1 heterocycles. The van der Waals surface area contributed by atoms with Crippen LogP contribution < -0.4 is 10.6 Å². The largest absolute Gasteiger partial charge is 0.507 e. The van der Waals surface area contributed by atoms with Gasteiger partial charge in [-0.3, -0.25) is 0 Å². The van der Waals surface area contributed by atoms with Crippen molar-refractivity contribution >= 4 is 60.8 Å². The van der Waals surface area contributed by atoms with E-state index in [0.717, 1.165) is 31.3 Å². The molecule has 0 saturated heterocycles. The van der Waals surface area contributed by atoms with Gasteiger partial charge in [0.25, 0.3) is 0 Å². The molecule has 0 amide bonds. The molecule has 0 spiro atoms. The number of rotatable bonds is 3. The van der Waals surface area contributed by atoms with Crippen LogP contribution >= 0.6 is 55.1 Å². The third kappa shape index (κ3) is 4.65. The first-order valence-electron chi connectivity index (χ1n) is 8.93. The van der Waals surface area contributed by atoms with Crippen molar-refractivity contribution in [3.05, 3.63) is 102 Å². The minimum atomic E-state index is -0.151. The Morgan fingerprint density at radius 3 is 2.45 bits per heavy atom. The van der Waals surface area contributed by atoms with E-state index in [2.05, 4.69) is 54.6 Å². The lowest BCUT2D eigenvalue weighted by atomic mass is 9.98. The third-order valence-electron chi connectivity index (χ3n) is 4.84. The normalized spacial score (nSPS) is 18.8. The van der Waals surface area contributed by atoms with Crippen molar-refractivity contribution in [3.8, 4) is 5.75 Å². The zero-order valence-electron chi connectivity index (χ0n) is 15.0. The van der Waals surface area contributed by atoms with E-state index < -0.39 is 0 Å². The zero-order chi connectivity index (χ0) is 20.5. The van der Waals surface area contributed by atoms with Crippen LogP contribution in [0.3, 0.4) is 0 Å². The van der Waals surface area contributed by atoms with E-state index in [4.69, 9.17) is 23.2 Å². The molecule has 1 aliphatic rings. The van der Waals surface area contributed by atoms with E-state index in [1.165, 1.54) is 0 Å². The number of aromatic hydroxyl groups is 1. The van der Waals surface area contributed by atoms with Crippen LogP contribution in [-0.4, -0.2) is 5.11 Å².